The monoisotopic (exact) mass is 278 g/mol. The van der Waals surface area contributed by atoms with Crippen molar-refractivity contribution < 1.29 is 0 Å². The van der Waals surface area contributed by atoms with Gasteiger partial charge in [-0.15, -0.1) is 29.5 Å². The third kappa shape index (κ3) is 3.12. The Morgan fingerprint density at radius 2 is 2.38 bits per heavy atom. The standard InChI is InChI=1S/C10H12BrClS/c1-3-10(2,7-12)6-8-4-5-9(11)13-8/h3-5H,1,6-7H2,2H3. The predicted molar refractivity (Wildman–Crippen MR) is 64.7 cm³/mol. The van der Waals surface area contributed by atoms with Gasteiger partial charge < -0.3 is 0 Å². The highest BCUT2D eigenvalue weighted by molar-refractivity contribution is 9.11. The van der Waals surface area contributed by atoms with Crippen molar-refractivity contribution in [3.05, 3.63) is 33.5 Å². The molecule has 1 atom stereocenters. The first-order valence-corrected chi connectivity index (χ1v) is 6.18. The molecule has 0 radical (unpaired) electrons. The molecule has 13 heavy (non-hydrogen) atoms. The minimum absolute atomic E-state index is 0.0197. The molecule has 0 aliphatic carbocycles. The molecule has 0 N–H and O–H groups in total. The number of rotatable bonds is 4. The second-order valence-electron chi connectivity index (χ2n) is 3.37. The van der Waals surface area contributed by atoms with Crippen LogP contribution in [-0.4, -0.2) is 5.88 Å². The Kier molecular flexibility index (Phi) is 4.02. The molecule has 0 aromatic carbocycles. The highest BCUT2D eigenvalue weighted by atomic mass is 79.9. The van der Waals surface area contributed by atoms with Crippen LogP contribution in [0.15, 0.2) is 28.6 Å². The summed E-state index contributed by atoms with van der Waals surface area (Å²) >= 11 is 11.1. The quantitative estimate of drug-likeness (QED) is 0.563. The van der Waals surface area contributed by atoms with Gasteiger partial charge in [-0.05, 0) is 34.5 Å². The van der Waals surface area contributed by atoms with E-state index in [1.807, 2.05) is 6.08 Å². The fraction of sp³-hybridized carbons (Fsp3) is 0.400. The summed E-state index contributed by atoms with van der Waals surface area (Å²) in [4.78, 5) is 1.34. The molecule has 3 heteroatoms. The van der Waals surface area contributed by atoms with Crippen molar-refractivity contribution in [2.75, 3.05) is 5.88 Å². The summed E-state index contributed by atoms with van der Waals surface area (Å²) in [5, 5.41) is 0. The number of halogens is 2. The summed E-state index contributed by atoms with van der Waals surface area (Å²) in [6.07, 6.45) is 2.91. The Morgan fingerprint density at radius 3 is 2.77 bits per heavy atom. The molecule has 1 rings (SSSR count). The maximum atomic E-state index is 5.89. The third-order valence-electron chi connectivity index (χ3n) is 2.00. The van der Waals surface area contributed by atoms with E-state index in [0.29, 0.717) is 5.88 Å². The van der Waals surface area contributed by atoms with Crippen LogP contribution < -0.4 is 0 Å². The third-order valence-corrected chi connectivity index (χ3v) is 4.24. The van der Waals surface area contributed by atoms with E-state index in [9.17, 15) is 0 Å². The van der Waals surface area contributed by atoms with Crippen molar-refractivity contribution in [3.63, 3.8) is 0 Å². The van der Waals surface area contributed by atoms with Gasteiger partial charge in [0.1, 0.15) is 0 Å². The Labute approximate surface area is 96.7 Å². The first-order chi connectivity index (χ1) is 6.09. The highest BCUT2D eigenvalue weighted by Crippen LogP contribution is 2.30. The summed E-state index contributed by atoms with van der Waals surface area (Å²) in [5.74, 6) is 0.617. The summed E-state index contributed by atoms with van der Waals surface area (Å²) in [5.41, 5.74) is 0.0197. The fourth-order valence-electron chi connectivity index (χ4n) is 1.02. The molecule has 0 saturated carbocycles. The van der Waals surface area contributed by atoms with Crippen molar-refractivity contribution in [1.82, 2.24) is 0 Å². The lowest BCUT2D eigenvalue weighted by atomic mass is 9.89. The zero-order valence-electron chi connectivity index (χ0n) is 7.52. The largest absolute Gasteiger partial charge is 0.133 e. The summed E-state index contributed by atoms with van der Waals surface area (Å²) < 4.78 is 1.17. The fourth-order valence-corrected chi connectivity index (χ4v) is 2.90. The predicted octanol–water partition coefficient (Wildman–Crippen LogP) is 4.48. The van der Waals surface area contributed by atoms with Crippen LogP contribution in [0.1, 0.15) is 11.8 Å². The van der Waals surface area contributed by atoms with Crippen LogP contribution in [0.4, 0.5) is 0 Å². The van der Waals surface area contributed by atoms with Crippen molar-refractivity contribution in [2.45, 2.75) is 13.3 Å². The molecule has 0 amide bonds. The SMILES string of the molecule is C=CC(C)(CCl)Cc1ccc(Br)s1. The van der Waals surface area contributed by atoms with Gasteiger partial charge in [-0.2, -0.15) is 0 Å². The number of alkyl halides is 1. The van der Waals surface area contributed by atoms with E-state index in [1.54, 1.807) is 11.3 Å². The van der Waals surface area contributed by atoms with E-state index < -0.39 is 0 Å². The second-order valence-corrected chi connectivity index (χ2v) is 6.19. The molecule has 0 aliphatic heterocycles. The van der Waals surface area contributed by atoms with Crippen LogP contribution in [-0.2, 0) is 6.42 Å². The van der Waals surface area contributed by atoms with Crippen LogP contribution in [0.3, 0.4) is 0 Å². The molecule has 1 aromatic rings. The van der Waals surface area contributed by atoms with Gasteiger partial charge in [-0.3, -0.25) is 0 Å². The maximum Gasteiger partial charge on any atom is 0.0701 e. The van der Waals surface area contributed by atoms with Gasteiger partial charge in [0.15, 0.2) is 0 Å². The lowest BCUT2D eigenvalue weighted by molar-refractivity contribution is 0.490. The summed E-state index contributed by atoms with van der Waals surface area (Å²) in [6.45, 7) is 5.94. The molecule has 0 aliphatic rings. The van der Waals surface area contributed by atoms with Gasteiger partial charge in [-0.25, -0.2) is 0 Å². The molecule has 1 heterocycles. The number of thiophene rings is 1. The summed E-state index contributed by atoms with van der Waals surface area (Å²) in [7, 11) is 0. The average molecular weight is 280 g/mol. The molecule has 1 aromatic heterocycles. The zero-order valence-corrected chi connectivity index (χ0v) is 10.7. The molecule has 1 unspecified atom stereocenters. The van der Waals surface area contributed by atoms with Crippen molar-refractivity contribution >= 4 is 38.9 Å². The topological polar surface area (TPSA) is 0 Å². The number of hydrogen-bond acceptors (Lipinski definition) is 1. The molecule has 0 nitrogen and oxygen atoms in total. The van der Waals surface area contributed by atoms with E-state index in [-0.39, 0.29) is 5.41 Å². The molecule has 0 bridgehead atoms. The zero-order chi connectivity index (χ0) is 9.90. The van der Waals surface area contributed by atoms with Gasteiger partial charge in [-0.1, -0.05) is 13.0 Å². The van der Waals surface area contributed by atoms with Gasteiger partial charge in [0, 0.05) is 16.2 Å². The van der Waals surface area contributed by atoms with E-state index in [0.717, 1.165) is 6.42 Å². The van der Waals surface area contributed by atoms with Gasteiger partial charge in [0.25, 0.3) is 0 Å². The molecular formula is C10H12BrClS. The van der Waals surface area contributed by atoms with Gasteiger partial charge in [0.05, 0.1) is 3.79 Å². The van der Waals surface area contributed by atoms with Crippen molar-refractivity contribution in [3.8, 4) is 0 Å². The van der Waals surface area contributed by atoms with Crippen LogP contribution >= 0.6 is 38.9 Å². The van der Waals surface area contributed by atoms with Crippen LogP contribution in [0.2, 0.25) is 0 Å². The minimum Gasteiger partial charge on any atom is -0.133 e. The van der Waals surface area contributed by atoms with Crippen LogP contribution in [0.5, 0.6) is 0 Å². The van der Waals surface area contributed by atoms with E-state index in [4.69, 9.17) is 11.6 Å². The van der Waals surface area contributed by atoms with E-state index in [2.05, 4.69) is 41.6 Å². The molecular weight excluding hydrogens is 268 g/mol. The number of allylic oxidation sites excluding steroid dienone is 1. The highest BCUT2D eigenvalue weighted by Gasteiger charge is 2.20. The Bertz CT molecular complexity index is 295. The smallest absolute Gasteiger partial charge is 0.0701 e. The maximum absolute atomic E-state index is 5.89. The van der Waals surface area contributed by atoms with E-state index in [1.165, 1.54) is 8.66 Å². The second kappa shape index (κ2) is 4.63. The van der Waals surface area contributed by atoms with Crippen molar-refractivity contribution in [2.24, 2.45) is 5.41 Å². The molecule has 0 saturated heterocycles. The normalized spacial score (nSPS) is 15.3. The molecule has 0 fully saturated rings. The van der Waals surface area contributed by atoms with Crippen molar-refractivity contribution in [1.29, 1.82) is 0 Å². The Balaban J connectivity index is 2.72. The Hall–Kier alpha value is 0.210. The minimum atomic E-state index is 0.0197. The lowest BCUT2D eigenvalue weighted by Crippen LogP contribution is -2.17. The average Bonchev–Trinajstić information content (AvgIpc) is 2.51. The first-order valence-electron chi connectivity index (χ1n) is 4.03. The van der Waals surface area contributed by atoms with E-state index >= 15 is 0 Å². The van der Waals surface area contributed by atoms with Crippen LogP contribution in [0.25, 0.3) is 0 Å². The number of hydrogen-bond donors (Lipinski definition) is 0. The first kappa shape index (κ1) is 11.3. The van der Waals surface area contributed by atoms with Gasteiger partial charge in [0.2, 0.25) is 0 Å². The summed E-state index contributed by atoms with van der Waals surface area (Å²) in [6, 6.07) is 4.20. The molecule has 0 spiro atoms. The molecule has 72 valence electrons. The lowest BCUT2D eigenvalue weighted by Gasteiger charge is -2.21. The van der Waals surface area contributed by atoms with Gasteiger partial charge >= 0.3 is 0 Å². The Morgan fingerprint density at radius 1 is 1.69 bits per heavy atom. The van der Waals surface area contributed by atoms with Crippen LogP contribution in [0, 0.1) is 5.41 Å².